The highest BCUT2D eigenvalue weighted by molar-refractivity contribution is 7.91. The van der Waals surface area contributed by atoms with Crippen LogP contribution >= 0.6 is 22.9 Å². The average molecular weight is 530 g/mol. The van der Waals surface area contributed by atoms with E-state index < -0.39 is 9.84 Å². The molecule has 35 heavy (non-hydrogen) atoms. The molecular weight excluding hydrogens is 506 g/mol. The summed E-state index contributed by atoms with van der Waals surface area (Å²) in [6, 6.07) is 13.8. The lowest BCUT2D eigenvalue weighted by molar-refractivity contribution is -0.118. The molecule has 4 aromatic rings. The lowest BCUT2D eigenvalue weighted by atomic mass is 10.2. The van der Waals surface area contributed by atoms with Crippen molar-refractivity contribution >= 4 is 54.0 Å². The van der Waals surface area contributed by atoms with Gasteiger partial charge in [0.25, 0.3) is 0 Å². The Morgan fingerprint density at radius 1 is 1.09 bits per heavy atom. The van der Waals surface area contributed by atoms with Gasteiger partial charge in [-0.1, -0.05) is 40.6 Å². The third kappa shape index (κ3) is 5.80. The number of halogens is 1. The first-order chi connectivity index (χ1) is 16.8. The number of carbonyl (C=O) groups excluding carboxylic acids is 1. The summed E-state index contributed by atoms with van der Waals surface area (Å²) in [6.07, 6.45) is 3.56. The number of hydrogen-bond donors (Lipinski definition) is 0. The number of benzene rings is 2. The molecular formula is C25H24ClN3O4S2. The number of aromatic nitrogens is 2. The minimum Gasteiger partial charge on any atom is -0.494 e. The molecule has 0 aliphatic heterocycles. The van der Waals surface area contributed by atoms with Gasteiger partial charge in [-0.15, -0.1) is 0 Å². The van der Waals surface area contributed by atoms with Crippen LogP contribution in [-0.2, 0) is 21.2 Å². The van der Waals surface area contributed by atoms with Gasteiger partial charge in [0.05, 0.1) is 34.0 Å². The van der Waals surface area contributed by atoms with Crippen LogP contribution < -0.4 is 9.64 Å². The zero-order chi connectivity index (χ0) is 25.0. The van der Waals surface area contributed by atoms with E-state index in [2.05, 4.69) is 9.97 Å². The van der Waals surface area contributed by atoms with E-state index in [-0.39, 0.29) is 35.9 Å². The summed E-state index contributed by atoms with van der Waals surface area (Å²) in [5.41, 5.74) is 2.44. The monoisotopic (exact) mass is 529 g/mol. The second-order valence-corrected chi connectivity index (χ2v) is 11.5. The molecule has 0 bridgehead atoms. The Morgan fingerprint density at radius 3 is 2.49 bits per heavy atom. The maximum Gasteiger partial charge on any atom is 0.229 e. The smallest absolute Gasteiger partial charge is 0.229 e. The zero-order valence-corrected chi connectivity index (χ0v) is 21.7. The molecule has 182 valence electrons. The Balaban J connectivity index is 1.57. The average Bonchev–Trinajstić information content (AvgIpc) is 3.30. The molecule has 2 heterocycles. The van der Waals surface area contributed by atoms with Crippen molar-refractivity contribution in [1.29, 1.82) is 0 Å². The number of methoxy groups -OCH3 is 1. The van der Waals surface area contributed by atoms with E-state index in [1.54, 1.807) is 60.8 Å². The number of ether oxygens (including phenoxy) is 1. The maximum absolute atomic E-state index is 13.3. The SMILES string of the molecule is COc1ccc(Cl)c2sc(N(Cc3ccncc3)C(=O)CCCS(=O)(=O)c3ccc(C)cc3)nc12. The second-order valence-electron chi connectivity index (χ2n) is 7.99. The maximum atomic E-state index is 13.3. The van der Waals surface area contributed by atoms with E-state index in [1.807, 2.05) is 19.1 Å². The lowest BCUT2D eigenvalue weighted by Gasteiger charge is -2.20. The van der Waals surface area contributed by atoms with Crippen LogP contribution in [0.25, 0.3) is 10.2 Å². The summed E-state index contributed by atoms with van der Waals surface area (Å²) in [6.45, 7) is 2.17. The molecule has 1 amide bonds. The third-order valence-electron chi connectivity index (χ3n) is 5.47. The molecule has 4 rings (SSSR count). The van der Waals surface area contributed by atoms with Gasteiger partial charge in [-0.25, -0.2) is 13.4 Å². The first-order valence-corrected chi connectivity index (χ1v) is 13.7. The molecule has 0 N–H and O–H groups in total. The van der Waals surface area contributed by atoms with Crippen LogP contribution in [0, 0.1) is 6.92 Å². The molecule has 0 fully saturated rings. The number of sulfone groups is 1. The largest absolute Gasteiger partial charge is 0.494 e. The molecule has 2 aromatic heterocycles. The van der Waals surface area contributed by atoms with Crippen molar-refractivity contribution < 1.29 is 17.9 Å². The molecule has 2 aromatic carbocycles. The molecule has 0 atom stereocenters. The van der Waals surface area contributed by atoms with Gasteiger partial charge in [0.15, 0.2) is 15.0 Å². The number of aryl methyl sites for hydroxylation is 1. The quantitative estimate of drug-likeness (QED) is 0.286. The Labute approximate surface area is 213 Å². The van der Waals surface area contributed by atoms with Gasteiger partial charge in [-0.3, -0.25) is 14.7 Å². The zero-order valence-electron chi connectivity index (χ0n) is 19.3. The van der Waals surface area contributed by atoms with Crippen LogP contribution in [0.3, 0.4) is 0 Å². The van der Waals surface area contributed by atoms with E-state index in [9.17, 15) is 13.2 Å². The van der Waals surface area contributed by atoms with Crippen LogP contribution in [-0.4, -0.2) is 37.2 Å². The summed E-state index contributed by atoms with van der Waals surface area (Å²) >= 11 is 7.68. The van der Waals surface area contributed by atoms with Crippen LogP contribution in [0.4, 0.5) is 5.13 Å². The minimum absolute atomic E-state index is 0.0525. The van der Waals surface area contributed by atoms with Gasteiger partial charge in [0.1, 0.15) is 11.3 Å². The van der Waals surface area contributed by atoms with Crippen molar-refractivity contribution in [2.45, 2.75) is 31.2 Å². The first kappa shape index (κ1) is 25.1. The highest BCUT2D eigenvalue weighted by atomic mass is 35.5. The first-order valence-electron chi connectivity index (χ1n) is 10.9. The Bertz CT molecular complexity index is 1440. The number of amides is 1. The van der Waals surface area contributed by atoms with E-state index in [0.29, 0.717) is 21.4 Å². The van der Waals surface area contributed by atoms with Crippen molar-refractivity contribution in [3.8, 4) is 5.75 Å². The predicted octanol–water partition coefficient (Wildman–Crippen LogP) is 5.45. The van der Waals surface area contributed by atoms with Gasteiger partial charge < -0.3 is 4.74 Å². The predicted molar refractivity (Wildman–Crippen MR) is 139 cm³/mol. The number of nitrogens with zero attached hydrogens (tertiary/aromatic N) is 3. The third-order valence-corrected chi connectivity index (χ3v) is 8.83. The van der Waals surface area contributed by atoms with Crippen molar-refractivity contribution in [1.82, 2.24) is 9.97 Å². The Kier molecular flexibility index (Phi) is 7.69. The van der Waals surface area contributed by atoms with E-state index in [4.69, 9.17) is 16.3 Å². The van der Waals surface area contributed by atoms with E-state index in [0.717, 1.165) is 15.8 Å². The fraction of sp³-hybridized carbons (Fsp3) is 0.240. The molecule has 0 spiro atoms. The lowest BCUT2D eigenvalue weighted by Crippen LogP contribution is -2.30. The molecule has 0 aliphatic rings. The normalized spacial score (nSPS) is 11.5. The van der Waals surface area contributed by atoms with Crippen LogP contribution in [0.5, 0.6) is 5.75 Å². The summed E-state index contributed by atoms with van der Waals surface area (Å²) in [7, 11) is -1.93. The number of anilines is 1. The van der Waals surface area contributed by atoms with Gasteiger partial charge in [-0.05, 0) is 55.3 Å². The van der Waals surface area contributed by atoms with E-state index in [1.165, 1.54) is 11.3 Å². The van der Waals surface area contributed by atoms with Crippen LogP contribution in [0.15, 0.2) is 65.8 Å². The Morgan fingerprint density at radius 2 is 1.80 bits per heavy atom. The molecule has 0 aliphatic carbocycles. The summed E-state index contributed by atoms with van der Waals surface area (Å²) < 4.78 is 31.6. The number of thiazole rings is 1. The number of hydrogen-bond acceptors (Lipinski definition) is 7. The van der Waals surface area contributed by atoms with Crippen molar-refractivity contribution in [2.75, 3.05) is 17.8 Å². The standard InChI is InChI=1S/C25H24ClN3O4S2/c1-17-5-7-19(8-6-17)35(31,32)15-3-4-22(30)29(16-18-11-13-27-14-12-18)25-28-23-21(33-2)10-9-20(26)24(23)34-25/h5-14H,3-4,15-16H2,1-2H3. The highest BCUT2D eigenvalue weighted by Gasteiger charge is 2.23. The molecule has 0 saturated carbocycles. The summed E-state index contributed by atoms with van der Waals surface area (Å²) in [5, 5.41) is 0.986. The van der Waals surface area contributed by atoms with Crippen molar-refractivity contribution in [3.05, 3.63) is 77.1 Å². The number of fused-ring (bicyclic) bond motifs is 1. The molecule has 7 nitrogen and oxygen atoms in total. The number of rotatable bonds is 9. The molecule has 0 saturated heterocycles. The van der Waals surface area contributed by atoms with Crippen molar-refractivity contribution in [2.24, 2.45) is 0 Å². The van der Waals surface area contributed by atoms with Crippen LogP contribution in [0.1, 0.15) is 24.0 Å². The van der Waals surface area contributed by atoms with E-state index >= 15 is 0 Å². The van der Waals surface area contributed by atoms with Gasteiger partial charge >= 0.3 is 0 Å². The van der Waals surface area contributed by atoms with Gasteiger partial charge in [0, 0.05) is 18.8 Å². The Hall–Kier alpha value is -3.01. The van der Waals surface area contributed by atoms with Crippen molar-refractivity contribution in [3.63, 3.8) is 0 Å². The van der Waals surface area contributed by atoms with Gasteiger partial charge in [-0.2, -0.15) is 0 Å². The highest BCUT2D eigenvalue weighted by Crippen LogP contribution is 2.39. The van der Waals surface area contributed by atoms with Gasteiger partial charge in [0.2, 0.25) is 5.91 Å². The second kappa shape index (κ2) is 10.7. The molecule has 0 radical (unpaired) electrons. The summed E-state index contributed by atoms with van der Waals surface area (Å²) in [5.74, 6) is 0.215. The summed E-state index contributed by atoms with van der Waals surface area (Å²) in [4.78, 5) is 23.9. The molecule has 0 unspecified atom stereocenters. The molecule has 10 heteroatoms. The minimum atomic E-state index is -3.48. The van der Waals surface area contributed by atoms with Crippen LogP contribution in [0.2, 0.25) is 5.02 Å². The topological polar surface area (TPSA) is 89.5 Å². The fourth-order valence-corrected chi connectivity index (χ4v) is 6.15. The fourth-order valence-electron chi connectivity index (χ4n) is 3.57. The number of carbonyl (C=O) groups is 1. The number of pyridine rings is 1.